The summed E-state index contributed by atoms with van der Waals surface area (Å²) in [6.45, 7) is 0. The number of rotatable bonds is 3. The minimum Gasteiger partial charge on any atom is -0.291 e. The molecule has 0 amide bonds. The van der Waals surface area contributed by atoms with Crippen LogP contribution in [0, 0.1) is 0 Å². The van der Waals surface area contributed by atoms with Crippen molar-refractivity contribution in [2.45, 2.75) is 0 Å². The first-order chi connectivity index (χ1) is 15.0. The minimum absolute atomic E-state index is 0.292. The molecule has 5 aromatic rings. The van der Waals surface area contributed by atoms with Crippen LogP contribution in [-0.2, 0) is 0 Å². The third kappa shape index (κ3) is 3.49. The number of benzene rings is 2. The van der Waals surface area contributed by atoms with Crippen LogP contribution < -0.4 is 5.56 Å². The van der Waals surface area contributed by atoms with Gasteiger partial charge < -0.3 is 0 Å². The van der Waals surface area contributed by atoms with Gasteiger partial charge in [0.05, 0.1) is 22.6 Å². The summed E-state index contributed by atoms with van der Waals surface area (Å²) in [5.74, 6) is 0.345. The van der Waals surface area contributed by atoms with Gasteiger partial charge in [0.25, 0.3) is 5.56 Å². The van der Waals surface area contributed by atoms with Crippen LogP contribution in [0.25, 0.3) is 33.9 Å². The lowest BCUT2D eigenvalue weighted by molar-refractivity contribution is 0.958. The molecule has 3 aromatic heterocycles. The molecule has 0 fully saturated rings. The minimum atomic E-state index is -0.310. The molecule has 0 saturated carbocycles. The highest BCUT2D eigenvalue weighted by Crippen LogP contribution is 2.31. The van der Waals surface area contributed by atoms with Crippen LogP contribution in [0.4, 0.5) is 0 Å². The fourth-order valence-electron chi connectivity index (χ4n) is 3.35. The predicted molar refractivity (Wildman–Crippen MR) is 123 cm³/mol. The highest BCUT2D eigenvalue weighted by atomic mass is 35.5. The van der Waals surface area contributed by atoms with Gasteiger partial charge >= 0.3 is 0 Å². The fraction of sp³-hybridized carbons (Fsp3) is 0. The highest BCUT2D eigenvalue weighted by Gasteiger charge is 2.20. The zero-order valence-electron chi connectivity index (χ0n) is 15.7. The van der Waals surface area contributed by atoms with Crippen LogP contribution >= 0.6 is 34.8 Å². The molecule has 0 radical (unpaired) electrons. The van der Waals surface area contributed by atoms with Crippen molar-refractivity contribution in [2.24, 2.45) is 0 Å². The Bertz CT molecular complexity index is 1480. The van der Waals surface area contributed by atoms with E-state index in [1.165, 1.54) is 4.57 Å². The Morgan fingerprint density at radius 3 is 2.35 bits per heavy atom. The van der Waals surface area contributed by atoms with Gasteiger partial charge in [0.1, 0.15) is 6.33 Å². The summed E-state index contributed by atoms with van der Waals surface area (Å²) in [5, 5.41) is 1.40. The maximum absolute atomic E-state index is 13.8. The van der Waals surface area contributed by atoms with Crippen molar-refractivity contribution < 1.29 is 0 Å². The maximum atomic E-state index is 13.8. The lowest BCUT2D eigenvalue weighted by atomic mass is 10.2. The molecule has 3 heterocycles. The standard InChI is InChI=1S/C22H12Cl3N5O/c23-13-3-6-15(7-4-13)30-21(17-8-5-14(24)10-18(17)25)28-20-19(22(30)31)29(12-27-20)16-2-1-9-26-11-16/h1-12H. The molecular weight excluding hydrogens is 457 g/mol. The summed E-state index contributed by atoms with van der Waals surface area (Å²) in [6.07, 6.45) is 4.86. The van der Waals surface area contributed by atoms with Gasteiger partial charge in [-0.3, -0.25) is 18.9 Å². The van der Waals surface area contributed by atoms with Gasteiger partial charge in [0, 0.05) is 21.8 Å². The first-order valence-corrected chi connectivity index (χ1v) is 10.3. The Hall–Kier alpha value is -3.19. The van der Waals surface area contributed by atoms with E-state index in [1.807, 2.05) is 6.07 Å². The Kier molecular flexibility index (Phi) is 4.98. The molecule has 9 heteroatoms. The van der Waals surface area contributed by atoms with Crippen molar-refractivity contribution in [1.29, 1.82) is 0 Å². The molecule has 2 aromatic carbocycles. The maximum Gasteiger partial charge on any atom is 0.285 e. The van der Waals surface area contributed by atoms with E-state index in [0.717, 1.165) is 0 Å². The number of imidazole rings is 1. The second kappa shape index (κ2) is 7.81. The molecule has 0 N–H and O–H groups in total. The van der Waals surface area contributed by atoms with Crippen LogP contribution in [0.5, 0.6) is 0 Å². The summed E-state index contributed by atoms with van der Waals surface area (Å²) < 4.78 is 3.15. The SMILES string of the molecule is O=c1c2c(ncn2-c2cccnc2)nc(-c2ccc(Cl)cc2Cl)n1-c1ccc(Cl)cc1. The van der Waals surface area contributed by atoms with Gasteiger partial charge in [-0.2, -0.15) is 0 Å². The first-order valence-electron chi connectivity index (χ1n) is 9.15. The average Bonchev–Trinajstić information content (AvgIpc) is 3.20. The molecule has 5 rings (SSSR count). The molecule has 0 aliphatic heterocycles. The number of pyridine rings is 1. The number of nitrogens with zero attached hydrogens (tertiary/aromatic N) is 5. The quantitative estimate of drug-likeness (QED) is 0.346. The summed E-state index contributed by atoms with van der Waals surface area (Å²) >= 11 is 18.6. The van der Waals surface area contributed by atoms with Crippen molar-refractivity contribution >= 4 is 46.0 Å². The van der Waals surface area contributed by atoms with E-state index in [9.17, 15) is 4.79 Å². The molecule has 0 bridgehead atoms. The van der Waals surface area contributed by atoms with E-state index in [1.54, 1.807) is 71.8 Å². The fourth-order valence-corrected chi connectivity index (χ4v) is 3.96. The number of halogens is 3. The molecule has 6 nitrogen and oxygen atoms in total. The van der Waals surface area contributed by atoms with E-state index in [0.29, 0.717) is 49.0 Å². The van der Waals surface area contributed by atoms with Gasteiger partial charge in [-0.15, -0.1) is 0 Å². The predicted octanol–water partition coefficient (Wildman–Crippen LogP) is 5.59. The van der Waals surface area contributed by atoms with Crippen molar-refractivity contribution in [3.8, 4) is 22.8 Å². The molecule has 0 aliphatic carbocycles. The van der Waals surface area contributed by atoms with Crippen LogP contribution in [0.3, 0.4) is 0 Å². The smallest absolute Gasteiger partial charge is 0.285 e. The summed E-state index contributed by atoms with van der Waals surface area (Å²) in [6, 6.07) is 15.6. The van der Waals surface area contributed by atoms with Crippen LogP contribution in [0.2, 0.25) is 15.1 Å². The van der Waals surface area contributed by atoms with Crippen LogP contribution in [0.15, 0.2) is 78.1 Å². The molecule has 31 heavy (non-hydrogen) atoms. The van der Waals surface area contributed by atoms with Crippen molar-refractivity contribution in [3.63, 3.8) is 0 Å². The number of fused-ring (bicyclic) bond motifs is 1. The van der Waals surface area contributed by atoms with E-state index < -0.39 is 0 Å². The Morgan fingerprint density at radius 1 is 0.871 bits per heavy atom. The molecule has 0 saturated heterocycles. The van der Waals surface area contributed by atoms with Gasteiger partial charge in [0.15, 0.2) is 17.0 Å². The Balaban J connectivity index is 1.88. The highest BCUT2D eigenvalue weighted by molar-refractivity contribution is 6.36. The van der Waals surface area contributed by atoms with Gasteiger partial charge in [-0.05, 0) is 54.6 Å². The van der Waals surface area contributed by atoms with Gasteiger partial charge in [0.2, 0.25) is 0 Å². The summed E-state index contributed by atoms with van der Waals surface area (Å²) in [4.78, 5) is 27.0. The van der Waals surface area contributed by atoms with Crippen molar-refractivity contribution in [2.75, 3.05) is 0 Å². The van der Waals surface area contributed by atoms with E-state index in [2.05, 4.69) is 9.97 Å². The third-order valence-electron chi connectivity index (χ3n) is 4.76. The zero-order chi connectivity index (χ0) is 21.5. The van der Waals surface area contributed by atoms with Crippen LogP contribution in [0.1, 0.15) is 0 Å². The number of hydrogen-bond donors (Lipinski definition) is 0. The summed E-state index contributed by atoms with van der Waals surface area (Å²) in [7, 11) is 0. The molecule has 0 unspecified atom stereocenters. The number of hydrogen-bond acceptors (Lipinski definition) is 4. The largest absolute Gasteiger partial charge is 0.291 e. The van der Waals surface area contributed by atoms with E-state index in [-0.39, 0.29) is 5.56 Å². The molecular formula is C22H12Cl3N5O. The summed E-state index contributed by atoms with van der Waals surface area (Å²) in [5.41, 5.74) is 2.13. The third-order valence-corrected chi connectivity index (χ3v) is 5.56. The second-order valence-corrected chi connectivity index (χ2v) is 7.95. The normalized spacial score (nSPS) is 11.2. The molecule has 0 atom stereocenters. The zero-order valence-corrected chi connectivity index (χ0v) is 18.0. The lowest BCUT2D eigenvalue weighted by Crippen LogP contribution is -2.23. The number of aromatic nitrogens is 5. The molecule has 0 spiro atoms. The van der Waals surface area contributed by atoms with Gasteiger partial charge in [-0.25, -0.2) is 9.97 Å². The molecule has 152 valence electrons. The average molecular weight is 469 g/mol. The first kappa shape index (κ1) is 19.8. The van der Waals surface area contributed by atoms with Crippen molar-refractivity contribution in [3.05, 3.63) is 98.7 Å². The lowest BCUT2D eigenvalue weighted by Gasteiger charge is -2.14. The second-order valence-electron chi connectivity index (χ2n) is 6.67. The van der Waals surface area contributed by atoms with Crippen LogP contribution in [-0.4, -0.2) is 24.1 Å². The monoisotopic (exact) mass is 467 g/mol. The molecule has 0 aliphatic rings. The van der Waals surface area contributed by atoms with Gasteiger partial charge in [-0.1, -0.05) is 34.8 Å². The Labute approximate surface area is 191 Å². The van der Waals surface area contributed by atoms with Crippen molar-refractivity contribution in [1.82, 2.24) is 24.1 Å². The van der Waals surface area contributed by atoms with E-state index in [4.69, 9.17) is 39.8 Å². The van der Waals surface area contributed by atoms with E-state index >= 15 is 0 Å². The topological polar surface area (TPSA) is 65.6 Å². The Morgan fingerprint density at radius 2 is 1.65 bits per heavy atom.